The third kappa shape index (κ3) is 8.08. The van der Waals surface area contributed by atoms with Gasteiger partial charge in [-0.2, -0.15) is 0 Å². The van der Waals surface area contributed by atoms with Gasteiger partial charge in [-0.3, -0.25) is 14.9 Å². The molecule has 1 saturated carbocycles. The summed E-state index contributed by atoms with van der Waals surface area (Å²) in [4.78, 5) is 54.2. The molecule has 2 aliphatic heterocycles. The number of carbonyl (C=O) groups is 4. The summed E-state index contributed by atoms with van der Waals surface area (Å²) in [6, 6.07) is 6.75. The molecule has 0 spiro atoms. The molecule has 1 amide bonds. The molecule has 45 heavy (non-hydrogen) atoms. The Morgan fingerprint density at radius 2 is 1.80 bits per heavy atom. The van der Waals surface area contributed by atoms with Crippen LogP contribution in [0.5, 0.6) is 0 Å². The van der Waals surface area contributed by atoms with Crippen molar-refractivity contribution in [3.05, 3.63) is 48.6 Å². The summed E-state index contributed by atoms with van der Waals surface area (Å²) >= 11 is 0. The number of hydrogen-bond donors (Lipinski definition) is 4. The van der Waals surface area contributed by atoms with Crippen molar-refractivity contribution < 1.29 is 53.4 Å². The molecule has 1 aromatic rings. The summed E-state index contributed by atoms with van der Waals surface area (Å²) in [5, 5.41) is 34.3. The molecule has 0 unspecified atom stereocenters. The summed E-state index contributed by atoms with van der Waals surface area (Å²) < 4.78 is 21.0. The Bertz CT molecular complexity index is 1200. The first-order valence-electron chi connectivity index (χ1n) is 15.5. The van der Waals surface area contributed by atoms with E-state index in [1.807, 2.05) is 30.3 Å². The molecule has 0 bridgehead atoms. The van der Waals surface area contributed by atoms with Crippen molar-refractivity contribution >= 4 is 23.8 Å². The number of carbonyl (C=O) groups excluding carboxylic acids is 4. The molecule has 10 atom stereocenters. The van der Waals surface area contributed by atoms with Crippen LogP contribution in [0.4, 0.5) is 0 Å². The van der Waals surface area contributed by atoms with E-state index in [2.05, 4.69) is 11.9 Å². The summed E-state index contributed by atoms with van der Waals surface area (Å²) in [6.07, 6.45) is -4.16. The van der Waals surface area contributed by atoms with E-state index >= 15 is 0 Å². The SMILES string of the molecule is C=CCOC(=O)[C@H]1O[C@H](OC(=O)[C@@H]2C[C@@H]3CCC[C@@H]3N2C(=O)[C@H](C)N[C@@H](CCc2ccccc2)C(=O)OCC)[C@H](O)[C@@H](O)[C@@H]1O. The third-order valence-electron chi connectivity index (χ3n) is 8.70. The normalized spacial score (nSPS) is 30.6. The highest BCUT2D eigenvalue weighted by molar-refractivity contribution is 5.89. The lowest BCUT2D eigenvalue weighted by Gasteiger charge is -2.39. The minimum absolute atomic E-state index is 0.0453. The van der Waals surface area contributed by atoms with E-state index in [1.165, 1.54) is 11.0 Å². The summed E-state index contributed by atoms with van der Waals surface area (Å²) in [5.41, 5.74) is 1.03. The number of aryl methyl sites for hydroxylation is 1. The van der Waals surface area contributed by atoms with Gasteiger partial charge in [0.25, 0.3) is 0 Å². The molecular weight excluding hydrogens is 588 g/mol. The third-order valence-corrected chi connectivity index (χ3v) is 8.70. The fourth-order valence-electron chi connectivity index (χ4n) is 6.44. The van der Waals surface area contributed by atoms with E-state index in [4.69, 9.17) is 18.9 Å². The molecule has 248 valence electrons. The van der Waals surface area contributed by atoms with E-state index < -0.39 is 72.6 Å². The van der Waals surface area contributed by atoms with Gasteiger partial charge in [-0.15, -0.1) is 0 Å². The fraction of sp³-hybridized carbons (Fsp3) is 0.625. The lowest BCUT2D eigenvalue weighted by Crippen LogP contribution is -2.61. The van der Waals surface area contributed by atoms with Crippen LogP contribution in [0.1, 0.15) is 51.5 Å². The summed E-state index contributed by atoms with van der Waals surface area (Å²) in [6.45, 7) is 6.77. The minimum atomic E-state index is -1.88. The fourth-order valence-corrected chi connectivity index (χ4v) is 6.44. The number of esters is 3. The van der Waals surface area contributed by atoms with Gasteiger partial charge in [0, 0.05) is 6.04 Å². The average molecular weight is 633 g/mol. The lowest BCUT2D eigenvalue weighted by atomic mass is 9.99. The van der Waals surface area contributed by atoms with Crippen molar-refractivity contribution in [1.82, 2.24) is 10.2 Å². The molecule has 4 N–H and O–H groups in total. The maximum Gasteiger partial charge on any atom is 0.338 e. The Labute approximate surface area is 262 Å². The number of ether oxygens (including phenoxy) is 4. The van der Waals surface area contributed by atoms with Crippen molar-refractivity contribution in [2.24, 2.45) is 5.92 Å². The highest BCUT2D eigenvalue weighted by Gasteiger charge is 2.53. The topological polar surface area (TPSA) is 181 Å². The molecule has 0 aromatic heterocycles. The van der Waals surface area contributed by atoms with Crippen molar-refractivity contribution in [3.63, 3.8) is 0 Å². The van der Waals surface area contributed by atoms with Crippen molar-refractivity contribution in [1.29, 1.82) is 0 Å². The van der Waals surface area contributed by atoms with Crippen LogP contribution in [0.3, 0.4) is 0 Å². The van der Waals surface area contributed by atoms with Crippen LogP contribution < -0.4 is 5.32 Å². The van der Waals surface area contributed by atoms with Gasteiger partial charge < -0.3 is 39.2 Å². The van der Waals surface area contributed by atoms with Gasteiger partial charge in [0.2, 0.25) is 12.2 Å². The molecular formula is C32H44N2O11. The highest BCUT2D eigenvalue weighted by Crippen LogP contribution is 2.42. The van der Waals surface area contributed by atoms with Crippen LogP contribution in [0.25, 0.3) is 0 Å². The Morgan fingerprint density at radius 3 is 2.49 bits per heavy atom. The average Bonchev–Trinajstić information content (AvgIpc) is 3.64. The zero-order chi connectivity index (χ0) is 32.7. The van der Waals surface area contributed by atoms with Crippen molar-refractivity contribution in [3.8, 4) is 0 Å². The molecule has 2 heterocycles. The number of nitrogens with zero attached hydrogens (tertiary/aromatic N) is 1. The predicted molar refractivity (Wildman–Crippen MR) is 158 cm³/mol. The number of nitrogens with one attached hydrogen (secondary N) is 1. The Balaban J connectivity index is 1.47. The molecule has 1 aliphatic carbocycles. The monoisotopic (exact) mass is 632 g/mol. The Morgan fingerprint density at radius 1 is 1.07 bits per heavy atom. The molecule has 1 aromatic carbocycles. The quantitative estimate of drug-likeness (QED) is 0.134. The zero-order valence-corrected chi connectivity index (χ0v) is 25.7. The van der Waals surface area contributed by atoms with Gasteiger partial charge in [-0.1, -0.05) is 49.4 Å². The number of aliphatic hydroxyl groups is 3. The number of fused-ring (bicyclic) bond motifs is 1. The maximum atomic E-state index is 14.0. The van der Waals surface area contributed by atoms with Crippen LogP contribution in [-0.4, -0.2) is 112 Å². The van der Waals surface area contributed by atoms with E-state index in [0.29, 0.717) is 25.7 Å². The van der Waals surface area contributed by atoms with Gasteiger partial charge in [-0.25, -0.2) is 9.59 Å². The van der Waals surface area contributed by atoms with E-state index in [1.54, 1.807) is 13.8 Å². The second-order valence-corrected chi connectivity index (χ2v) is 11.7. The van der Waals surface area contributed by atoms with Gasteiger partial charge in [0.1, 0.15) is 37.0 Å². The van der Waals surface area contributed by atoms with Gasteiger partial charge in [0.05, 0.1) is 12.6 Å². The standard InChI is InChI=1S/C32H44N2O11/c1-4-16-43-31(41)27-25(36)24(35)26(37)32(44-27)45-30(40)23-17-20-12-9-13-22(20)34(23)28(38)18(3)33-21(29(39)42-5-2)15-14-19-10-7-6-8-11-19/h4,6-8,10-11,18,20-27,32-33,35-37H,1,5,9,12-17H2,2-3H3/t18-,20-,21-,22-,23-,24-,25-,26+,27-,32+/m0/s1. The van der Waals surface area contributed by atoms with Crippen molar-refractivity contribution in [2.45, 2.75) is 107 Å². The molecule has 3 aliphatic rings. The number of hydrogen-bond acceptors (Lipinski definition) is 12. The number of likely N-dealkylation sites (tertiary alicyclic amines) is 1. The van der Waals surface area contributed by atoms with Gasteiger partial charge in [-0.05, 0) is 57.4 Å². The van der Waals surface area contributed by atoms with Crippen LogP contribution >= 0.6 is 0 Å². The molecule has 0 radical (unpaired) electrons. The largest absolute Gasteiger partial charge is 0.465 e. The van der Waals surface area contributed by atoms with Crippen LogP contribution in [-0.2, 0) is 44.5 Å². The maximum absolute atomic E-state index is 14.0. The highest BCUT2D eigenvalue weighted by atomic mass is 16.7. The number of rotatable bonds is 13. The summed E-state index contributed by atoms with van der Waals surface area (Å²) in [5.74, 6) is -2.75. The molecule has 2 saturated heterocycles. The Hall–Kier alpha value is -3.36. The smallest absolute Gasteiger partial charge is 0.338 e. The van der Waals surface area contributed by atoms with Gasteiger partial charge >= 0.3 is 17.9 Å². The van der Waals surface area contributed by atoms with E-state index in [0.717, 1.165) is 18.4 Å². The minimum Gasteiger partial charge on any atom is -0.465 e. The first-order chi connectivity index (χ1) is 21.6. The second-order valence-electron chi connectivity index (χ2n) is 11.7. The van der Waals surface area contributed by atoms with E-state index in [9.17, 15) is 34.5 Å². The van der Waals surface area contributed by atoms with Crippen LogP contribution in [0.15, 0.2) is 43.0 Å². The number of amides is 1. The predicted octanol–water partition coefficient (Wildman–Crippen LogP) is 0.379. The first-order valence-corrected chi connectivity index (χ1v) is 15.5. The second kappa shape index (κ2) is 15.8. The first kappa shape index (κ1) is 34.5. The molecule has 3 fully saturated rings. The number of benzene rings is 1. The molecule has 13 heteroatoms. The van der Waals surface area contributed by atoms with Crippen molar-refractivity contribution in [2.75, 3.05) is 13.2 Å². The van der Waals surface area contributed by atoms with Gasteiger partial charge in [0.15, 0.2) is 6.10 Å². The Kier molecular flexibility index (Phi) is 12.1. The van der Waals surface area contributed by atoms with E-state index in [-0.39, 0.29) is 25.2 Å². The van der Waals surface area contributed by atoms with Crippen LogP contribution in [0.2, 0.25) is 0 Å². The molecule has 13 nitrogen and oxygen atoms in total. The number of aliphatic hydroxyl groups excluding tert-OH is 3. The molecule has 4 rings (SSSR count). The zero-order valence-electron chi connectivity index (χ0n) is 25.7. The summed E-state index contributed by atoms with van der Waals surface area (Å²) in [7, 11) is 0. The van der Waals surface area contributed by atoms with Crippen LogP contribution in [0, 0.1) is 5.92 Å². The lowest BCUT2D eigenvalue weighted by molar-refractivity contribution is -0.288.